The zero-order valence-electron chi connectivity index (χ0n) is 13.8. The summed E-state index contributed by atoms with van der Waals surface area (Å²) in [5, 5.41) is 27.8. The summed E-state index contributed by atoms with van der Waals surface area (Å²) in [5.41, 5.74) is 1.34. The van der Waals surface area contributed by atoms with Crippen molar-refractivity contribution in [2.24, 2.45) is 0 Å². The molecule has 24 heavy (non-hydrogen) atoms. The molecule has 1 aliphatic rings. The third-order valence-corrected chi connectivity index (χ3v) is 3.81. The van der Waals surface area contributed by atoms with Crippen LogP contribution in [0.1, 0.15) is 5.56 Å². The minimum Gasteiger partial charge on any atom is -0.506 e. The van der Waals surface area contributed by atoms with E-state index in [2.05, 4.69) is 20.9 Å². The Morgan fingerprint density at radius 1 is 1.46 bits per heavy atom. The van der Waals surface area contributed by atoms with Gasteiger partial charge in [-0.2, -0.15) is 5.26 Å². The monoisotopic (exact) mass is 329 g/mol. The van der Waals surface area contributed by atoms with Crippen molar-refractivity contribution < 1.29 is 9.90 Å². The number of nitrogens with zero attached hydrogens (tertiary/aromatic N) is 2. The molecule has 0 aliphatic carbocycles. The van der Waals surface area contributed by atoms with E-state index in [0.717, 1.165) is 38.3 Å². The fourth-order valence-corrected chi connectivity index (χ4v) is 2.42. The van der Waals surface area contributed by atoms with Crippen LogP contribution >= 0.6 is 0 Å². The van der Waals surface area contributed by atoms with E-state index < -0.39 is 5.91 Å². The summed E-state index contributed by atoms with van der Waals surface area (Å²) in [6.45, 7) is 6.97. The minimum absolute atomic E-state index is 0.0321. The number of hydrogen-bond donors (Lipinski definition) is 4. The van der Waals surface area contributed by atoms with Crippen molar-refractivity contribution in [1.29, 1.82) is 5.26 Å². The number of carbonyl (C=O) groups excluding carboxylic acids is 1. The molecular weight excluding hydrogens is 306 g/mol. The maximum atomic E-state index is 12.0. The number of aromatic hydroxyl groups is 1. The normalized spacial score (nSPS) is 15.6. The van der Waals surface area contributed by atoms with Crippen molar-refractivity contribution in [3.8, 4) is 11.8 Å². The van der Waals surface area contributed by atoms with Crippen LogP contribution < -0.4 is 16.0 Å². The molecule has 1 aliphatic heterocycles. The van der Waals surface area contributed by atoms with Gasteiger partial charge in [-0.25, -0.2) is 0 Å². The summed E-state index contributed by atoms with van der Waals surface area (Å²) in [7, 11) is 0. The highest BCUT2D eigenvalue weighted by Gasteiger charge is 2.12. The number of hydrogen-bond acceptors (Lipinski definition) is 6. The van der Waals surface area contributed by atoms with Crippen LogP contribution in [0.5, 0.6) is 5.75 Å². The molecule has 1 aromatic carbocycles. The number of nitrogens with one attached hydrogen (secondary N) is 3. The van der Waals surface area contributed by atoms with Gasteiger partial charge in [0.25, 0.3) is 5.91 Å². The molecule has 0 spiro atoms. The van der Waals surface area contributed by atoms with Crippen molar-refractivity contribution in [2.45, 2.75) is 6.92 Å². The van der Waals surface area contributed by atoms with E-state index in [-0.39, 0.29) is 11.3 Å². The number of anilines is 1. The Bertz CT molecular complexity index is 645. The predicted octanol–water partition coefficient (Wildman–Crippen LogP) is 0.541. The zero-order chi connectivity index (χ0) is 17.4. The lowest BCUT2D eigenvalue weighted by Crippen LogP contribution is -2.46. The maximum absolute atomic E-state index is 12.0. The van der Waals surface area contributed by atoms with Gasteiger partial charge in [-0.1, -0.05) is 6.07 Å². The molecule has 4 N–H and O–H groups in total. The molecule has 0 radical (unpaired) electrons. The first kappa shape index (κ1) is 17.8. The van der Waals surface area contributed by atoms with Gasteiger partial charge < -0.3 is 21.1 Å². The van der Waals surface area contributed by atoms with E-state index in [0.29, 0.717) is 12.2 Å². The Morgan fingerprint density at radius 3 is 2.88 bits per heavy atom. The lowest BCUT2D eigenvalue weighted by atomic mass is 10.2. The quantitative estimate of drug-likeness (QED) is 0.345. The van der Waals surface area contributed by atoms with Gasteiger partial charge in [0.05, 0.1) is 5.69 Å². The Labute approximate surface area is 142 Å². The summed E-state index contributed by atoms with van der Waals surface area (Å²) < 4.78 is 0. The number of phenolic OH excluding ortho intramolecular Hbond substituents is 1. The molecule has 7 nitrogen and oxygen atoms in total. The van der Waals surface area contributed by atoms with E-state index in [4.69, 9.17) is 5.26 Å². The third kappa shape index (κ3) is 5.26. The number of carbonyl (C=O) groups is 1. The van der Waals surface area contributed by atoms with Crippen molar-refractivity contribution in [1.82, 2.24) is 15.5 Å². The predicted molar refractivity (Wildman–Crippen MR) is 92.5 cm³/mol. The van der Waals surface area contributed by atoms with Crippen LogP contribution in [-0.2, 0) is 4.79 Å². The van der Waals surface area contributed by atoms with Gasteiger partial charge in [0, 0.05) is 45.5 Å². The Hall–Kier alpha value is -2.56. The molecule has 2 rings (SSSR count). The molecule has 0 bridgehead atoms. The molecule has 128 valence electrons. The molecule has 1 heterocycles. The molecule has 1 amide bonds. The number of phenols is 1. The smallest absolute Gasteiger partial charge is 0.263 e. The lowest BCUT2D eigenvalue weighted by molar-refractivity contribution is -0.117. The molecule has 1 saturated heterocycles. The Kier molecular flexibility index (Phi) is 6.61. The summed E-state index contributed by atoms with van der Waals surface area (Å²) in [4.78, 5) is 14.3. The average Bonchev–Trinajstić information content (AvgIpc) is 2.58. The maximum Gasteiger partial charge on any atom is 0.263 e. The van der Waals surface area contributed by atoms with Gasteiger partial charge in [-0.05, 0) is 24.6 Å². The number of piperazine rings is 1. The van der Waals surface area contributed by atoms with Crippen molar-refractivity contribution in [2.75, 3.05) is 44.6 Å². The largest absolute Gasteiger partial charge is 0.506 e. The van der Waals surface area contributed by atoms with Gasteiger partial charge in [-0.15, -0.1) is 0 Å². The Balaban J connectivity index is 1.85. The number of amides is 1. The van der Waals surface area contributed by atoms with Gasteiger partial charge in [0.2, 0.25) is 0 Å². The van der Waals surface area contributed by atoms with Gasteiger partial charge in [0.15, 0.2) is 0 Å². The molecule has 0 atom stereocenters. The first-order valence-electron chi connectivity index (χ1n) is 7.98. The standard InChI is InChI=1S/C17H23N5O2/c1-13-2-3-15(16(23)10-13)21-12-14(11-18)17(24)20-6-9-22-7-4-19-5-8-22/h2-3,10,12,19,21,23H,4-9H2,1H3,(H,20,24)/b14-12-. The molecular formula is C17H23N5O2. The molecule has 0 aromatic heterocycles. The summed E-state index contributed by atoms with van der Waals surface area (Å²) in [5.74, 6) is -0.352. The number of rotatable bonds is 6. The number of benzene rings is 1. The first-order chi connectivity index (χ1) is 11.6. The number of aryl methyl sites for hydroxylation is 1. The van der Waals surface area contributed by atoms with Crippen LogP contribution in [0.4, 0.5) is 5.69 Å². The zero-order valence-corrected chi connectivity index (χ0v) is 13.8. The van der Waals surface area contributed by atoms with Crippen molar-refractivity contribution in [3.63, 3.8) is 0 Å². The first-order valence-corrected chi connectivity index (χ1v) is 7.98. The molecule has 1 aromatic rings. The highest BCUT2D eigenvalue weighted by Crippen LogP contribution is 2.23. The van der Waals surface area contributed by atoms with Gasteiger partial charge >= 0.3 is 0 Å². The van der Waals surface area contributed by atoms with Crippen molar-refractivity contribution >= 4 is 11.6 Å². The lowest BCUT2D eigenvalue weighted by Gasteiger charge is -2.27. The highest BCUT2D eigenvalue weighted by molar-refractivity contribution is 5.97. The van der Waals surface area contributed by atoms with Crippen molar-refractivity contribution in [3.05, 3.63) is 35.5 Å². The van der Waals surface area contributed by atoms with E-state index >= 15 is 0 Å². The second-order valence-corrected chi connectivity index (χ2v) is 5.68. The van der Waals surface area contributed by atoms with Crippen LogP contribution in [0, 0.1) is 18.3 Å². The molecule has 7 heteroatoms. The van der Waals surface area contributed by atoms with E-state index in [9.17, 15) is 9.90 Å². The van der Waals surface area contributed by atoms with E-state index in [1.165, 1.54) is 6.20 Å². The van der Waals surface area contributed by atoms with Gasteiger partial charge in [-0.3, -0.25) is 9.69 Å². The average molecular weight is 329 g/mol. The number of nitriles is 1. The molecule has 1 fully saturated rings. The Morgan fingerprint density at radius 2 is 2.21 bits per heavy atom. The fourth-order valence-electron chi connectivity index (χ4n) is 2.42. The second-order valence-electron chi connectivity index (χ2n) is 5.68. The van der Waals surface area contributed by atoms with E-state index in [1.54, 1.807) is 12.1 Å². The van der Waals surface area contributed by atoms with Crippen LogP contribution in [0.25, 0.3) is 0 Å². The molecule has 0 unspecified atom stereocenters. The summed E-state index contributed by atoms with van der Waals surface area (Å²) >= 11 is 0. The topological polar surface area (TPSA) is 100 Å². The molecule has 0 saturated carbocycles. The van der Waals surface area contributed by atoms with Crippen LogP contribution in [0.2, 0.25) is 0 Å². The fraction of sp³-hybridized carbons (Fsp3) is 0.412. The van der Waals surface area contributed by atoms with Crippen LogP contribution in [0.3, 0.4) is 0 Å². The summed E-state index contributed by atoms with van der Waals surface area (Å²) in [6.07, 6.45) is 1.31. The van der Waals surface area contributed by atoms with Gasteiger partial charge in [0.1, 0.15) is 17.4 Å². The second kappa shape index (κ2) is 8.91. The minimum atomic E-state index is -0.424. The van der Waals surface area contributed by atoms with E-state index in [1.807, 2.05) is 19.1 Å². The van der Waals surface area contributed by atoms with Crippen LogP contribution in [-0.4, -0.2) is 55.2 Å². The van der Waals surface area contributed by atoms with Crippen LogP contribution in [0.15, 0.2) is 30.0 Å². The summed E-state index contributed by atoms with van der Waals surface area (Å²) in [6, 6.07) is 7.00. The highest BCUT2D eigenvalue weighted by atomic mass is 16.3. The third-order valence-electron chi connectivity index (χ3n) is 3.81. The SMILES string of the molecule is Cc1ccc(N/C=C(/C#N)C(=O)NCCN2CCNCC2)c(O)c1.